The summed E-state index contributed by atoms with van der Waals surface area (Å²) < 4.78 is 2.52. The lowest BCUT2D eigenvalue weighted by Gasteiger charge is -2.22. The zero-order valence-electron chi connectivity index (χ0n) is 15.8. The topological polar surface area (TPSA) is 3.88 Å². The summed E-state index contributed by atoms with van der Waals surface area (Å²) in [6.07, 6.45) is 17.9. The van der Waals surface area contributed by atoms with E-state index in [0.29, 0.717) is 11.8 Å². The molecule has 0 N–H and O–H groups in total. The first kappa shape index (κ1) is 17.2. The van der Waals surface area contributed by atoms with E-state index in [1.807, 2.05) is 0 Å². The maximum absolute atomic E-state index is 2.52. The van der Waals surface area contributed by atoms with E-state index >= 15 is 0 Å². The van der Waals surface area contributed by atoms with Crippen LogP contribution >= 0.6 is 0 Å². The van der Waals surface area contributed by atoms with Gasteiger partial charge in [0.15, 0.2) is 6.20 Å². The van der Waals surface area contributed by atoms with Gasteiger partial charge < -0.3 is 0 Å². The van der Waals surface area contributed by atoms with Gasteiger partial charge in [-0.25, -0.2) is 0 Å². The molecule has 0 aliphatic heterocycles. The van der Waals surface area contributed by atoms with Gasteiger partial charge in [-0.15, -0.1) is 0 Å². The van der Waals surface area contributed by atoms with Crippen molar-refractivity contribution in [2.75, 3.05) is 0 Å². The van der Waals surface area contributed by atoms with E-state index in [9.17, 15) is 0 Å². The molecule has 2 atom stereocenters. The third-order valence-electron chi connectivity index (χ3n) is 5.80. The first-order chi connectivity index (χ1) is 11.6. The Morgan fingerprint density at radius 2 is 1.96 bits per heavy atom. The van der Waals surface area contributed by atoms with Crippen molar-refractivity contribution >= 4 is 5.57 Å². The molecule has 0 fully saturated rings. The quantitative estimate of drug-likeness (QED) is 0.481. The van der Waals surface area contributed by atoms with E-state index in [0.717, 1.165) is 6.54 Å². The van der Waals surface area contributed by atoms with E-state index < -0.39 is 0 Å². The molecule has 128 valence electrons. The number of aryl methyl sites for hydroxylation is 2. The molecule has 0 saturated carbocycles. The second kappa shape index (κ2) is 7.51. The van der Waals surface area contributed by atoms with Gasteiger partial charge in [-0.05, 0) is 56.9 Å². The van der Waals surface area contributed by atoms with Crippen LogP contribution in [0.15, 0.2) is 42.1 Å². The van der Waals surface area contributed by atoms with Crippen molar-refractivity contribution in [3.8, 4) is 0 Å². The van der Waals surface area contributed by atoms with Crippen molar-refractivity contribution in [2.24, 2.45) is 5.92 Å². The monoisotopic (exact) mass is 322 g/mol. The number of pyridine rings is 1. The molecule has 0 spiro atoms. The van der Waals surface area contributed by atoms with Gasteiger partial charge in [0.25, 0.3) is 0 Å². The number of rotatable bonds is 4. The minimum atomic E-state index is 0.656. The maximum Gasteiger partial charge on any atom is 0.212 e. The lowest BCUT2D eigenvalue weighted by atomic mass is 9.84. The van der Waals surface area contributed by atoms with Crippen LogP contribution in [-0.4, -0.2) is 0 Å². The van der Waals surface area contributed by atoms with Crippen molar-refractivity contribution in [1.82, 2.24) is 0 Å². The summed E-state index contributed by atoms with van der Waals surface area (Å²) in [7, 11) is 0. The normalized spacial score (nSPS) is 23.8. The molecule has 3 rings (SSSR count). The van der Waals surface area contributed by atoms with Crippen molar-refractivity contribution in [3.63, 3.8) is 0 Å². The third kappa shape index (κ3) is 3.41. The minimum Gasteiger partial charge on any atom is -0.198 e. The van der Waals surface area contributed by atoms with Crippen LogP contribution in [0, 0.1) is 12.8 Å². The number of allylic oxidation sites excluding steroid dienone is 6. The molecule has 2 aliphatic rings. The molecular formula is C23H32N+. The summed E-state index contributed by atoms with van der Waals surface area (Å²) in [6.45, 7) is 10.3. The van der Waals surface area contributed by atoms with Crippen LogP contribution in [0.1, 0.15) is 75.6 Å². The Labute approximate surface area is 147 Å². The van der Waals surface area contributed by atoms with Crippen LogP contribution in [-0.2, 0) is 6.54 Å². The fourth-order valence-corrected chi connectivity index (χ4v) is 4.12. The highest BCUT2D eigenvalue weighted by atomic mass is 15.0. The minimum absolute atomic E-state index is 0.656. The average Bonchev–Trinajstić information content (AvgIpc) is 2.60. The van der Waals surface area contributed by atoms with E-state index in [1.54, 1.807) is 5.56 Å². The first-order valence-corrected chi connectivity index (χ1v) is 9.68. The van der Waals surface area contributed by atoms with Gasteiger partial charge >= 0.3 is 0 Å². The Morgan fingerprint density at radius 3 is 2.67 bits per heavy atom. The molecule has 1 aromatic rings. The fraction of sp³-hybridized carbons (Fsp3) is 0.522. The summed E-state index contributed by atoms with van der Waals surface area (Å²) in [5.74, 6) is 1.35. The van der Waals surface area contributed by atoms with Crippen molar-refractivity contribution in [1.29, 1.82) is 0 Å². The molecule has 0 aromatic carbocycles. The summed E-state index contributed by atoms with van der Waals surface area (Å²) >= 11 is 0. The molecule has 1 nitrogen and oxygen atoms in total. The molecule has 2 aliphatic carbocycles. The Morgan fingerprint density at radius 1 is 1.12 bits per heavy atom. The van der Waals surface area contributed by atoms with Gasteiger partial charge in [0.1, 0.15) is 6.54 Å². The van der Waals surface area contributed by atoms with Crippen LogP contribution in [0.4, 0.5) is 0 Å². The molecule has 0 radical (unpaired) electrons. The molecule has 0 bridgehead atoms. The molecular weight excluding hydrogens is 290 g/mol. The van der Waals surface area contributed by atoms with E-state index in [4.69, 9.17) is 0 Å². The maximum atomic E-state index is 2.52. The highest BCUT2D eigenvalue weighted by Crippen LogP contribution is 2.34. The standard InChI is InChI=1S/C23H32N/c1-5-14-24-16-22(20-11-7-6-8-12-20)18(3)15-23(24)21-13-9-10-17(2)19(21)4/h6-7,9,13,15-17,20H,5,8,10-12,14H2,1-4H3/q+1. The molecule has 1 heteroatoms. The molecule has 1 aromatic heterocycles. The Hall–Kier alpha value is -1.63. The smallest absolute Gasteiger partial charge is 0.198 e. The molecule has 0 amide bonds. The SMILES string of the molecule is CCC[n+]1cc(C2CC=CCC2)c(C)cc1C1=C(C)C(C)CC=C1. The molecule has 24 heavy (non-hydrogen) atoms. The highest BCUT2D eigenvalue weighted by Gasteiger charge is 2.25. The average molecular weight is 323 g/mol. The van der Waals surface area contributed by atoms with Crippen molar-refractivity contribution < 1.29 is 4.57 Å². The van der Waals surface area contributed by atoms with E-state index in [2.05, 4.69) is 68.8 Å². The molecule has 0 saturated heterocycles. The van der Waals surface area contributed by atoms with Crippen LogP contribution in [0.5, 0.6) is 0 Å². The van der Waals surface area contributed by atoms with E-state index in [-0.39, 0.29) is 0 Å². The summed E-state index contributed by atoms with van der Waals surface area (Å²) in [5.41, 5.74) is 7.41. The van der Waals surface area contributed by atoms with Crippen molar-refractivity contribution in [2.45, 2.75) is 72.3 Å². The second-order valence-corrected chi connectivity index (χ2v) is 7.61. The van der Waals surface area contributed by atoms with Gasteiger partial charge in [-0.1, -0.05) is 43.7 Å². The Kier molecular flexibility index (Phi) is 5.38. The lowest BCUT2D eigenvalue weighted by molar-refractivity contribution is -0.699. The zero-order valence-corrected chi connectivity index (χ0v) is 15.8. The van der Waals surface area contributed by atoms with Gasteiger partial charge in [-0.3, -0.25) is 0 Å². The predicted molar refractivity (Wildman–Crippen MR) is 103 cm³/mol. The summed E-state index contributed by atoms with van der Waals surface area (Å²) in [4.78, 5) is 0. The Bertz CT molecular complexity index is 690. The zero-order chi connectivity index (χ0) is 17.1. The van der Waals surface area contributed by atoms with Crippen molar-refractivity contribution in [3.05, 3.63) is 59.0 Å². The van der Waals surface area contributed by atoms with Crippen LogP contribution < -0.4 is 4.57 Å². The largest absolute Gasteiger partial charge is 0.212 e. The third-order valence-corrected chi connectivity index (χ3v) is 5.80. The summed E-state index contributed by atoms with van der Waals surface area (Å²) in [5, 5.41) is 0. The van der Waals surface area contributed by atoms with Crippen LogP contribution in [0.3, 0.4) is 0 Å². The number of hydrogen-bond acceptors (Lipinski definition) is 0. The van der Waals surface area contributed by atoms with Crippen LogP contribution in [0.25, 0.3) is 5.57 Å². The predicted octanol–water partition coefficient (Wildman–Crippen LogP) is 5.89. The number of nitrogens with zero attached hydrogens (tertiary/aromatic N) is 1. The van der Waals surface area contributed by atoms with Gasteiger partial charge in [0.05, 0.1) is 0 Å². The summed E-state index contributed by atoms with van der Waals surface area (Å²) in [6, 6.07) is 2.45. The first-order valence-electron chi connectivity index (χ1n) is 9.68. The fourth-order valence-electron chi connectivity index (χ4n) is 4.12. The van der Waals surface area contributed by atoms with Gasteiger partial charge in [0.2, 0.25) is 5.69 Å². The number of hydrogen-bond donors (Lipinski definition) is 0. The number of aromatic nitrogens is 1. The molecule has 2 unspecified atom stereocenters. The van der Waals surface area contributed by atoms with Crippen LogP contribution in [0.2, 0.25) is 0 Å². The molecule has 1 heterocycles. The van der Waals surface area contributed by atoms with Gasteiger partial charge in [0, 0.05) is 23.6 Å². The second-order valence-electron chi connectivity index (χ2n) is 7.61. The van der Waals surface area contributed by atoms with E-state index in [1.165, 1.54) is 54.5 Å². The Balaban J connectivity index is 2.07. The highest BCUT2D eigenvalue weighted by molar-refractivity contribution is 5.74. The van der Waals surface area contributed by atoms with Gasteiger partial charge in [-0.2, -0.15) is 4.57 Å². The lowest BCUT2D eigenvalue weighted by Crippen LogP contribution is -2.39.